The fraction of sp³-hybridized carbons (Fsp3) is 0.423. The van der Waals surface area contributed by atoms with Crippen LogP contribution in [-0.4, -0.2) is 103 Å². The predicted molar refractivity (Wildman–Crippen MR) is 133 cm³/mol. The molecule has 8 N–H and O–H groups in total. The Balaban J connectivity index is 1.57. The molecule has 14 nitrogen and oxygen atoms in total. The van der Waals surface area contributed by atoms with Gasteiger partial charge >= 0.3 is 0 Å². The summed E-state index contributed by atoms with van der Waals surface area (Å²) < 4.78 is 28.3. The van der Waals surface area contributed by atoms with E-state index in [0.717, 1.165) is 12.1 Å². The van der Waals surface area contributed by atoms with Gasteiger partial charge in [-0.3, -0.25) is 4.79 Å². The lowest BCUT2D eigenvalue weighted by Crippen LogP contribution is -2.62. The van der Waals surface area contributed by atoms with Crippen molar-refractivity contribution in [2.75, 3.05) is 6.61 Å². The summed E-state index contributed by atoms with van der Waals surface area (Å²) in [6.45, 7) is 0.964. The first kappa shape index (κ1) is 28.1. The molecule has 2 aliphatic rings. The highest BCUT2D eigenvalue weighted by Gasteiger charge is 2.48. The Bertz CT molecular complexity index is 1420. The van der Waals surface area contributed by atoms with Crippen LogP contribution in [0.1, 0.15) is 6.92 Å². The van der Waals surface area contributed by atoms with Gasteiger partial charge in [0.15, 0.2) is 18.2 Å². The number of aromatic hydroxyl groups is 3. The largest absolute Gasteiger partial charge is 0.508 e. The lowest BCUT2D eigenvalue weighted by molar-refractivity contribution is -0.344. The Kier molecular flexibility index (Phi) is 7.60. The number of aliphatic hydroxyl groups is 5. The molecule has 2 fully saturated rings. The van der Waals surface area contributed by atoms with Crippen molar-refractivity contribution in [2.24, 2.45) is 0 Å². The average molecular weight is 564 g/mol. The normalized spacial score (nSPS) is 32.7. The lowest BCUT2D eigenvalue weighted by atomic mass is 9.99. The van der Waals surface area contributed by atoms with E-state index in [1.165, 1.54) is 31.2 Å². The summed E-state index contributed by atoms with van der Waals surface area (Å²) >= 11 is 0. The smallest absolute Gasteiger partial charge is 0.239 e. The maximum absolute atomic E-state index is 13.6. The zero-order valence-electron chi connectivity index (χ0n) is 20.9. The van der Waals surface area contributed by atoms with E-state index in [9.17, 15) is 45.6 Å². The molecular weight excluding hydrogens is 536 g/mol. The van der Waals surface area contributed by atoms with Gasteiger partial charge in [-0.2, -0.15) is 0 Å². The number of benzene rings is 2. The second-order valence-electron chi connectivity index (χ2n) is 9.63. The third-order valence-electron chi connectivity index (χ3n) is 6.81. The van der Waals surface area contributed by atoms with Crippen LogP contribution in [0, 0.1) is 0 Å². The molecule has 5 rings (SSSR count). The van der Waals surface area contributed by atoms with Gasteiger partial charge < -0.3 is 64.2 Å². The number of fused-ring (bicyclic) bond motifs is 1. The topological polar surface area (TPSA) is 229 Å². The first-order chi connectivity index (χ1) is 19.0. The molecule has 3 aromatic rings. The quantitative estimate of drug-likeness (QED) is 0.191. The Morgan fingerprint density at radius 1 is 0.850 bits per heavy atom. The molecule has 14 heteroatoms. The number of aliphatic hydroxyl groups excluding tert-OH is 5. The summed E-state index contributed by atoms with van der Waals surface area (Å²) in [5.41, 5.74) is -0.850. The van der Waals surface area contributed by atoms with Gasteiger partial charge in [0.05, 0.1) is 12.7 Å². The number of rotatable bonds is 5. The fourth-order valence-electron chi connectivity index (χ4n) is 4.59. The van der Waals surface area contributed by atoms with Crippen molar-refractivity contribution in [1.82, 2.24) is 0 Å². The van der Waals surface area contributed by atoms with E-state index >= 15 is 0 Å². The van der Waals surface area contributed by atoms with Gasteiger partial charge in [-0.25, -0.2) is 0 Å². The van der Waals surface area contributed by atoms with E-state index in [0.29, 0.717) is 0 Å². The highest BCUT2D eigenvalue weighted by Crippen LogP contribution is 2.37. The van der Waals surface area contributed by atoms with Gasteiger partial charge in [0.2, 0.25) is 17.5 Å². The molecule has 0 amide bonds. The number of phenols is 3. The van der Waals surface area contributed by atoms with Gasteiger partial charge in [-0.05, 0) is 31.2 Å². The van der Waals surface area contributed by atoms with Gasteiger partial charge in [-0.15, -0.1) is 0 Å². The van der Waals surface area contributed by atoms with Crippen molar-refractivity contribution < 1.29 is 64.2 Å². The maximum Gasteiger partial charge on any atom is 0.239 e. The summed E-state index contributed by atoms with van der Waals surface area (Å²) in [6, 6.07) is 7.47. The standard InChI is InChI=1S/C26H28O14/c1-9-17(31)20(34)21(35)25(37-9)40-24-18(32)14(30)8-36-26(24)39-23-19(33)16-13(29)6-12(28)7-15(16)38-22(23)10-2-4-11(27)5-3-10/h2-7,9,14,17-18,20-21,24-32,34-35H,8H2,1H3/t9-,14+,17-,18-,20+,21+,24+,25+,26+/m0/s1. The van der Waals surface area contributed by atoms with Gasteiger partial charge in [0, 0.05) is 17.7 Å². The zero-order valence-corrected chi connectivity index (χ0v) is 20.9. The third kappa shape index (κ3) is 5.07. The van der Waals surface area contributed by atoms with Crippen LogP contribution in [0.2, 0.25) is 0 Å². The molecule has 0 saturated carbocycles. The third-order valence-corrected chi connectivity index (χ3v) is 6.81. The summed E-state index contributed by atoms with van der Waals surface area (Å²) in [4.78, 5) is 13.6. The van der Waals surface area contributed by atoms with E-state index in [2.05, 4.69) is 0 Å². The predicted octanol–water partition coefficient (Wildman–Crippen LogP) is -0.754. The van der Waals surface area contributed by atoms with Crippen LogP contribution >= 0.6 is 0 Å². The van der Waals surface area contributed by atoms with Crippen LogP contribution in [0.3, 0.4) is 0 Å². The molecule has 0 bridgehead atoms. The van der Waals surface area contributed by atoms with Gasteiger partial charge in [0.1, 0.15) is 58.7 Å². The number of ether oxygens (including phenoxy) is 4. The zero-order chi connectivity index (χ0) is 28.9. The average Bonchev–Trinajstić information content (AvgIpc) is 2.91. The highest BCUT2D eigenvalue weighted by atomic mass is 16.8. The van der Waals surface area contributed by atoms with Crippen molar-refractivity contribution in [3.8, 4) is 34.3 Å². The number of phenolic OH excluding ortho intramolecular Hbond substituents is 3. The fourth-order valence-corrected chi connectivity index (χ4v) is 4.59. The molecular formula is C26H28O14. The number of hydrogen-bond acceptors (Lipinski definition) is 14. The van der Waals surface area contributed by atoms with Crippen molar-refractivity contribution >= 4 is 11.0 Å². The summed E-state index contributed by atoms with van der Waals surface area (Å²) in [7, 11) is 0. The van der Waals surface area contributed by atoms with E-state index in [1.807, 2.05) is 0 Å². The minimum atomic E-state index is -1.76. The van der Waals surface area contributed by atoms with E-state index in [1.54, 1.807) is 0 Å². The Morgan fingerprint density at radius 3 is 2.25 bits per heavy atom. The first-order valence-corrected chi connectivity index (χ1v) is 12.3. The molecule has 9 atom stereocenters. The molecule has 2 aromatic carbocycles. The Labute approximate surface area is 225 Å². The van der Waals surface area contributed by atoms with Crippen LogP contribution in [0.15, 0.2) is 45.6 Å². The van der Waals surface area contributed by atoms with E-state index in [4.69, 9.17) is 23.4 Å². The summed E-state index contributed by atoms with van der Waals surface area (Å²) in [6.07, 6.45) is -13.9. The van der Waals surface area contributed by atoms with Crippen molar-refractivity contribution in [3.63, 3.8) is 0 Å². The highest BCUT2D eigenvalue weighted by molar-refractivity contribution is 5.88. The summed E-state index contributed by atoms with van der Waals surface area (Å²) in [5.74, 6) is -1.80. The van der Waals surface area contributed by atoms with Crippen molar-refractivity contribution in [2.45, 2.75) is 62.2 Å². The van der Waals surface area contributed by atoms with E-state index < -0.39 is 78.8 Å². The summed E-state index contributed by atoms with van der Waals surface area (Å²) in [5, 5.41) is 81.1. The van der Waals surface area contributed by atoms with Crippen LogP contribution in [0.25, 0.3) is 22.3 Å². The molecule has 0 unspecified atom stereocenters. The maximum atomic E-state index is 13.6. The van der Waals surface area contributed by atoms with Crippen LogP contribution in [0.5, 0.6) is 23.0 Å². The molecule has 2 aliphatic heterocycles. The SMILES string of the molecule is C[C@@H]1O[C@H](O[C@H]2[C@@H](Oc3c(-c4ccc(O)cc4)oc4cc(O)cc(O)c4c3=O)OC[C@@H](O)[C@@H]2O)[C@H](O)[C@H](O)[C@H]1O. The number of hydrogen-bond donors (Lipinski definition) is 8. The molecule has 1 aromatic heterocycles. The monoisotopic (exact) mass is 564 g/mol. The molecule has 40 heavy (non-hydrogen) atoms. The Hall–Kier alpha value is -3.47. The minimum absolute atomic E-state index is 0.0848. The van der Waals surface area contributed by atoms with E-state index in [-0.39, 0.29) is 33.8 Å². The first-order valence-electron chi connectivity index (χ1n) is 12.3. The van der Waals surface area contributed by atoms with Gasteiger partial charge in [-0.1, -0.05) is 0 Å². The van der Waals surface area contributed by atoms with Crippen LogP contribution in [-0.2, 0) is 14.2 Å². The van der Waals surface area contributed by atoms with Crippen molar-refractivity contribution in [3.05, 3.63) is 46.6 Å². The molecule has 3 heterocycles. The molecule has 216 valence electrons. The van der Waals surface area contributed by atoms with Crippen LogP contribution < -0.4 is 10.2 Å². The molecule has 0 radical (unpaired) electrons. The second-order valence-corrected chi connectivity index (χ2v) is 9.63. The molecule has 0 spiro atoms. The lowest BCUT2D eigenvalue weighted by Gasteiger charge is -2.43. The molecule has 2 saturated heterocycles. The van der Waals surface area contributed by atoms with Crippen LogP contribution in [0.4, 0.5) is 0 Å². The Morgan fingerprint density at radius 2 is 1.55 bits per heavy atom. The minimum Gasteiger partial charge on any atom is -0.508 e. The van der Waals surface area contributed by atoms with Crippen molar-refractivity contribution in [1.29, 1.82) is 0 Å². The molecule has 0 aliphatic carbocycles. The van der Waals surface area contributed by atoms with Gasteiger partial charge in [0.25, 0.3) is 0 Å². The second kappa shape index (κ2) is 10.8.